The first kappa shape index (κ1) is 69.2. The van der Waals surface area contributed by atoms with Crippen molar-refractivity contribution in [2.75, 3.05) is 94.0 Å². The second-order valence-electron chi connectivity index (χ2n) is 23.4. The third-order valence-corrected chi connectivity index (χ3v) is 15.9. The Kier molecular flexibility index (Phi) is 25.9. The Morgan fingerprint density at radius 1 is 0.659 bits per heavy atom. The zero-order valence-electron chi connectivity index (χ0n) is 52.7. The number of esters is 1. The Bertz CT molecular complexity index is 3220. The number of methoxy groups -OCH3 is 2. The van der Waals surface area contributed by atoms with Gasteiger partial charge in [0.2, 0.25) is 35.3 Å². The molecule has 2 bridgehead atoms. The van der Waals surface area contributed by atoms with E-state index in [1.165, 1.54) is 55.9 Å². The van der Waals surface area contributed by atoms with Crippen LogP contribution in [0.25, 0.3) is 0 Å². The van der Waals surface area contributed by atoms with Crippen LogP contribution in [-0.4, -0.2) is 191 Å². The number of piperidine rings is 1. The first-order valence-corrected chi connectivity index (χ1v) is 30.7. The molecule has 0 aliphatic carbocycles. The molecule has 0 aromatic heterocycles. The van der Waals surface area contributed by atoms with Gasteiger partial charge in [-0.25, -0.2) is 9.59 Å². The normalized spacial score (nSPS) is 21.2. The molecule has 7 rings (SSSR count). The van der Waals surface area contributed by atoms with Crippen LogP contribution in [-0.2, 0) is 71.9 Å². The number of nitrogens with one attached hydrogen (secondary N) is 4. The van der Waals surface area contributed by atoms with Crippen LogP contribution in [0.1, 0.15) is 87.1 Å². The maximum absolute atomic E-state index is 14.7. The van der Waals surface area contributed by atoms with Crippen molar-refractivity contribution in [2.24, 2.45) is 5.41 Å². The van der Waals surface area contributed by atoms with Crippen molar-refractivity contribution >= 4 is 59.2 Å². The van der Waals surface area contributed by atoms with Crippen LogP contribution in [0.2, 0.25) is 0 Å². The third kappa shape index (κ3) is 20.9. The Balaban J connectivity index is 1.17. The van der Waals surface area contributed by atoms with Crippen molar-refractivity contribution < 1.29 is 76.4 Å². The van der Waals surface area contributed by atoms with E-state index in [0.717, 1.165) is 10.5 Å². The molecular formula is C67H84N8O16. The lowest BCUT2D eigenvalue weighted by atomic mass is 9.87. The second kappa shape index (κ2) is 34.0. The smallest absolute Gasteiger partial charge is 0.415 e. The summed E-state index contributed by atoms with van der Waals surface area (Å²) >= 11 is 0. The first-order chi connectivity index (χ1) is 43.7. The van der Waals surface area contributed by atoms with Gasteiger partial charge in [-0.2, -0.15) is 0 Å². The molecule has 0 unspecified atom stereocenters. The molecule has 8 amide bonds. The zero-order valence-corrected chi connectivity index (χ0v) is 52.7. The van der Waals surface area contributed by atoms with Crippen molar-refractivity contribution in [3.63, 3.8) is 0 Å². The molecule has 4 N–H and O–H groups in total. The van der Waals surface area contributed by atoms with E-state index in [9.17, 15) is 47.9 Å². The monoisotopic (exact) mass is 1260 g/mol. The van der Waals surface area contributed by atoms with Crippen molar-refractivity contribution in [1.29, 1.82) is 0 Å². The SMILES string of the molecule is COc1ccc(CC[C@H]2NC(=O)[C@@H]3CCCCN3C(=O)C(=O)C(C)(C)COC(=O)C=CCCCCN(C)C(=O)CNC(=O)CN(C)C(=O)[C@@H](Cc3ccccc3)NC(=O)[C@H](Cc3ccc(OC(=O)N4CCOCC4)cc3)NC(=O)COc3cccc2c3)cc1OC. The molecule has 4 atom stereocenters. The predicted molar refractivity (Wildman–Crippen MR) is 334 cm³/mol. The molecule has 0 radical (unpaired) electrons. The third-order valence-electron chi connectivity index (χ3n) is 15.9. The summed E-state index contributed by atoms with van der Waals surface area (Å²) in [6.45, 7) is 3.12. The highest BCUT2D eigenvalue weighted by Crippen LogP contribution is 2.31. The van der Waals surface area contributed by atoms with Gasteiger partial charge in [0, 0.05) is 59.2 Å². The number of ether oxygens (including phenoxy) is 6. The van der Waals surface area contributed by atoms with Crippen molar-refractivity contribution in [3.8, 4) is 23.0 Å². The van der Waals surface area contributed by atoms with Gasteiger partial charge in [-0.05, 0) is 124 Å². The lowest BCUT2D eigenvalue weighted by molar-refractivity contribution is -0.157. The van der Waals surface area contributed by atoms with Crippen LogP contribution in [0.15, 0.2) is 109 Å². The summed E-state index contributed by atoms with van der Waals surface area (Å²) in [5, 5.41) is 11.4. The zero-order chi connectivity index (χ0) is 65.5. The number of nitrogens with zero attached hydrogens (tertiary/aromatic N) is 4. The number of hydrogen-bond donors (Lipinski definition) is 4. The molecule has 91 heavy (non-hydrogen) atoms. The first-order valence-electron chi connectivity index (χ1n) is 30.7. The Labute approximate surface area is 530 Å². The molecule has 24 nitrogen and oxygen atoms in total. The minimum Gasteiger partial charge on any atom is -0.493 e. The number of ketones is 1. The highest BCUT2D eigenvalue weighted by Gasteiger charge is 2.42. The Hall–Kier alpha value is -9.32. The molecule has 3 aliphatic rings. The summed E-state index contributed by atoms with van der Waals surface area (Å²) in [4.78, 5) is 144. The van der Waals surface area contributed by atoms with Crippen LogP contribution in [0.3, 0.4) is 0 Å². The molecule has 3 aliphatic heterocycles. The number of hydrogen-bond acceptors (Lipinski definition) is 16. The van der Waals surface area contributed by atoms with Crippen LogP contribution in [0.5, 0.6) is 23.0 Å². The van der Waals surface area contributed by atoms with E-state index in [1.54, 1.807) is 98.1 Å². The molecule has 2 fully saturated rings. The van der Waals surface area contributed by atoms with Crippen LogP contribution >= 0.6 is 0 Å². The van der Waals surface area contributed by atoms with Gasteiger partial charge in [0.1, 0.15) is 36.2 Å². The molecule has 2 saturated heterocycles. The summed E-state index contributed by atoms with van der Waals surface area (Å²) in [6.07, 6.45) is 5.92. The number of allylic oxidation sites excluding steroid dienone is 1. The van der Waals surface area contributed by atoms with E-state index < -0.39 is 109 Å². The number of cyclic esters (lactones) is 1. The number of amides is 8. The molecule has 0 saturated carbocycles. The molecule has 0 spiro atoms. The quantitative estimate of drug-likeness (QED) is 0.126. The highest BCUT2D eigenvalue weighted by molar-refractivity contribution is 6.38. The van der Waals surface area contributed by atoms with Gasteiger partial charge in [-0.1, -0.05) is 66.7 Å². The second-order valence-corrected chi connectivity index (χ2v) is 23.4. The van der Waals surface area contributed by atoms with Crippen LogP contribution < -0.4 is 40.2 Å². The number of fused-ring (bicyclic) bond motifs is 3. The van der Waals surface area contributed by atoms with Crippen molar-refractivity contribution in [3.05, 3.63) is 131 Å². The summed E-state index contributed by atoms with van der Waals surface area (Å²) in [6, 6.07) is 23.2. The van der Waals surface area contributed by atoms with Gasteiger partial charge in [0.15, 0.2) is 18.1 Å². The largest absolute Gasteiger partial charge is 0.493 e. The fourth-order valence-corrected chi connectivity index (χ4v) is 10.6. The number of morpholine rings is 1. The fraction of sp³-hybridized carbons (Fsp3) is 0.463. The molecule has 4 aromatic carbocycles. The summed E-state index contributed by atoms with van der Waals surface area (Å²) in [7, 11) is 6.04. The standard InChI is InChI=1S/C67H84N8O16/c1-67(2)44-90-60(79)22-12-7-8-14-31-72(3)59(78)41-68-57(76)42-73(4)64(83)53(38-45-17-10-9-11-18-45)71-62(81)52(37-46-23-27-49(28-24-46)91-66(85)74-33-35-88-36-34-74)69-58(77)43-89-50-20-16-19-48(40-50)51(29-25-47-26-30-55(86-5)56(39-47)87-6)70-63(82)54-21-13-15-32-75(54)65(84)61(67)80/h9-12,16-20,22-24,26-28,30,39-40,51-54H,7-8,13-15,21,25,29,31-38,41-44H2,1-6H3,(H,68,76)(H,69,77)(H,70,82)(H,71,81)/t51-,52+,53-,54+/m1/s1. The van der Waals surface area contributed by atoms with E-state index in [4.69, 9.17) is 28.4 Å². The molecule has 4 aromatic rings. The minimum atomic E-state index is -1.45. The van der Waals surface area contributed by atoms with Gasteiger partial charge < -0.3 is 69.3 Å². The van der Waals surface area contributed by atoms with E-state index in [-0.39, 0.29) is 43.9 Å². The minimum absolute atomic E-state index is 0.00531. The molecule has 24 heteroatoms. The van der Waals surface area contributed by atoms with E-state index in [1.807, 2.05) is 12.1 Å². The van der Waals surface area contributed by atoms with Crippen molar-refractivity contribution in [2.45, 2.75) is 102 Å². The Morgan fingerprint density at radius 2 is 1.35 bits per heavy atom. The molecule has 3 heterocycles. The number of likely N-dealkylation sites (N-methyl/N-ethyl adjacent to an activating group) is 2. The lowest BCUT2D eigenvalue weighted by Crippen LogP contribution is -2.56. The molecular weight excluding hydrogens is 1170 g/mol. The maximum Gasteiger partial charge on any atom is 0.415 e. The average molecular weight is 1260 g/mol. The van der Waals surface area contributed by atoms with Gasteiger partial charge in [0.05, 0.1) is 52.0 Å². The van der Waals surface area contributed by atoms with Crippen LogP contribution in [0, 0.1) is 5.41 Å². The average Bonchev–Trinajstić information content (AvgIpc) is 1.36. The number of carbonyl (C=O) groups excluding carboxylic acids is 10. The number of benzene rings is 4. The fourth-order valence-electron chi connectivity index (χ4n) is 10.6. The number of Topliss-reactive ketones (excluding diaryl/α,β-unsaturated/α-hetero) is 1. The molecule has 488 valence electrons. The number of carbonyl (C=O) groups is 10. The number of aryl methyl sites for hydroxylation is 1. The predicted octanol–water partition coefficient (Wildman–Crippen LogP) is 4.45. The number of rotatable bonds is 10. The Morgan fingerprint density at radius 3 is 2.09 bits per heavy atom. The van der Waals surface area contributed by atoms with E-state index in [2.05, 4.69) is 21.3 Å². The van der Waals surface area contributed by atoms with Gasteiger partial charge >= 0.3 is 12.1 Å². The van der Waals surface area contributed by atoms with Crippen molar-refractivity contribution in [1.82, 2.24) is 40.9 Å². The van der Waals surface area contributed by atoms with Gasteiger partial charge in [-0.15, -0.1) is 0 Å². The van der Waals surface area contributed by atoms with Crippen LogP contribution in [0.4, 0.5) is 4.79 Å². The van der Waals surface area contributed by atoms with E-state index in [0.29, 0.717) is 106 Å². The maximum atomic E-state index is 14.7. The van der Waals surface area contributed by atoms with Gasteiger partial charge in [-0.3, -0.25) is 38.4 Å². The summed E-state index contributed by atoms with van der Waals surface area (Å²) in [5.41, 5.74) is 1.20. The summed E-state index contributed by atoms with van der Waals surface area (Å²) in [5.74, 6) is -4.58. The highest BCUT2D eigenvalue weighted by atomic mass is 16.6. The lowest BCUT2D eigenvalue weighted by Gasteiger charge is -2.36. The van der Waals surface area contributed by atoms with Gasteiger partial charge in [0.25, 0.3) is 11.8 Å². The van der Waals surface area contributed by atoms with E-state index >= 15 is 0 Å². The topological polar surface area (TPSA) is 287 Å². The summed E-state index contributed by atoms with van der Waals surface area (Å²) < 4.78 is 33.6.